The van der Waals surface area contributed by atoms with Crippen LogP contribution in [0, 0.1) is 0 Å². The SMILES string of the molecule is CC1CCC(Cn2ccnc2CN)O1. The second kappa shape index (κ2) is 4.11. The van der Waals surface area contributed by atoms with Gasteiger partial charge in [0.15, 0.2) is 0 Å². The van der Waals surface area contributed by atoms with Gasteiger partial charge in [-0.2, -0.15) is 0 Å². The number of aromatic nitrogens is 2. The summed E-state index contributed by atoms with van der Waals surface area (Å²) in [7, 11) is 0. The van der Waals surface area contributed by atoms with E-state index in [9.17, 15) is 0 Å². The maximum absolute atomic E-state index is 5.74. The van der Waals surface area contributed by atoms with E-state index in [1.54, 1.807) is 6.20 Å². The third-order valence-corrected chi connectivity index (χ3v) is 2.70. The molecule has 78 valence electrons. The summed E-state index contributed by atoms with van der Waals surface area (Å²) in [6.45, 7) is 3.50. The lowest BCUT2D eigenvalue weighted by Gasteiger charge is -2.13. The minimum atomic E-state index is 0.337. The monoisotopic (exact) mass is 195 g/mol. The van der Waals surface area contributed by atoms with Crippen molar-refractivity contribution in [2.24, 2.45) is 5.73 Å². The van der Waals surface area contributed by atoms with Gasteiger partial charge in [0.1, 0.15) is 5.82 Å². The van der Waals surface area contributed by atoms with E-state index >= 15 is 0 Å². The molecule has 4 nitrogen and oxygen atoms in total. The molecule has 1 aliphatic rings. The molecule has 1 aromatic rings. The molecule has 1 aromatic heterocycles. The van der Waals surface area contributed by atoms with Crippen LogP contribution in [0.5, 0.6) is 0 Å². The van der Waals surface area contributed by atoms with Crippen LogP contribution in [0.2, 0.25) is 0 Å². The molecule has 0 saturated carbocycles. The fourth-order valence-corrected chi connectivity index (χ4v) is 1.94. The van der Waals surface area contributed by atoms with Crippen LogP contribution >= 0.6 is 0 Å². The van der Waals surface area contributed by atoms with Crippen LogP contribution in [0.3, 0.4) is 0 Å². The lowest BCUT2D eigenvalue weighted by Crippen LogP contribution is -2.18. The van der Waals surface area contributed by atoms with Gasteiger partial charge in [-0.1, -0.05) is 0 Å². The summed E-state index contributed by atoms with van der Waals surface area (Å²) in [5.74, 6) is 0.938. The molecule has 14 heavy (non-hydrogen) atoms. The van der Waals surface area contributed by atoms with Crippen LogP contribution < -0.4 is 5.73 Å². The molecule has 2 rings (SSSR count). The summed E-state index contributed by atoms with van der Waals surface area (Å²) in [5, 5.41) is 0. The number of nitrogens with two attached hydrogens (primary N) is 1. The maximum atomic E-state index is 5.74. The number of imidazole rings is 1. The second-order valence-electron chi connectivity index (χ2n) is 3.85. The van der Waals surface area contributed by atoms with E-state index < -0.39 is 0 Å². The molecule has 1 aliphatic heterocycles. The van der Waals surface area contributed by atoms with Crippen molar-refractivity contribution in [3.05, 3.63) is 18.2 Å². The Morgan fingerprint density at radius 2 is 2.50 bits per heavy atom. The largest absolute Gasteiger partial charge is 0.373 e. The molecular formula is C10H17N3O. The average molecular weight is 195 g/mol. The summed E-state index contributed by atoms with van der Waals surface area (Å²) in [6, 6.07) is 0. The van der Waals surface area contributed by atoms with E-state index in [2.05, 4.69) is 16.5 Å². The van der Waals surface area contributed by atoms with Crippen LogP contribution in [-0.2, 0) is 17.8 Å². The molecular weight excluding hydrogens is 178 g/mol. The zero-order valence-corrected chi connectivity index (χ0v) is 8.52. The number of nitrogens with zero attached hydrogens (tertiary/aromatic N) is 2. The molecule has 0 spiro atoms. The molecule has 2 N–H and O–H groups in total. The average Bonchev–Trinajstić information content (AvgIpc) is 2.76. The Labute approximate surface area is 84.1 Å². The molecule has 0 aromatic carbocycles. The lowest BCUT2D eigenvalue weighted by atomic mass is 10.2. The van der Waals surface area contributed by atoms with Crippen molar-refractivity contribution in [1.29, 1.82) is 0 Å². The van der Waals surface area contributed by atoms with Crippen molar-refractivity contribution < 1.29 is 4.74 Å². The van der Waals surface area contributed by atoms with Gasteiger partial charge >= 0.3 is 0 Å². The third kappa shape index (κ3) is 1.96. The van der Waals surface area contributed by atoms with E-state index in [0.717, 1.165) is 25.2 Å². The van der Waals surface area contributed by atoms with Crippen molar-refractivity contribution in [1.82, 2.24) is 9.55 Å². The highest BCUT2D eigenvalue weighted by Gasteiger charge is 2.22. The lowest BCUT2D eigenvalue weighted by molar-refractivity contribution is 0.0453. The first-order valence-corrected chi connectivity index (χ1v) is 5.15. The van der Waals surface area contributed by atoms with Gasteiger partial charge < -0.3 is 15.0 Å². The van der Waals surface area contributed by atoms with E-state index in [1.165, 1.54) is 0 Å². The highest BCUT2D eigenvalue weighted by atomic mass is 16.5. The van der Waals surface area contributed by atoms with Crippen LogP contribution in [0.15, 0.2) is 12.4 Å². The molecule has 0 bridgehead atoms. The molecule has 0 aliphatic carbocycles. The first-order valence-electron chi connectivity index (χ1n) is 5.15. The molecule has 0 amide bonds. The van der Waals surface area contributed by atoms with Crippen LogP contribution in [0.1, 0.15) is 25.6 Å². The summed E-state index contributed by atoms with van der Waals surface area (Å²) in [6.07, 6.45) is 6.81. The molecule has 2 atom stereocenters. The zero-order valence-electron chi connectivity index (χ0n) is 8.52. The Morgan fingerprint density at radius 1 is 1.64 bits per heavy atom. The van der Waals surface area contributed by atoms with Crippen LogP contribution in [0.25, 0.3) is 0 Å². The van der Waals surface area contributed by atoms with Crippen LogP contribution in [-0.4, -0.2) is 21.8 Å². The first kappa shape index (κ1) is 9.68. The predicted octanol–water partition coefficient (Wildman–Crippen LogP) is 0.909. The second-order valence-corrected chi connectivity index (χ2v) is 3.85. The minimum Gasteiger partial charge on any atom is -0.373 e. The standard InChI is InChI=1S/C10H17N3O/c1-8-2-3-9(14-8)7-13-5-4-12-10(13)6-11/h4-5,8-9H,2-3,6-7,11H2,1H3. The van der Waals surface area contributed by atoms with Crippen molar-refractivity contribution in [3.8, 4) is 0 Å². The fraction of sp³-hybridized carbons (Fsp3) is 0.700. The Bertz CT molecular complexity index is 297. The van der Waals surface area contributed by atoms with Gasteiger partial charge in [0.2, 0.25) is 0 Å². The van der Waals surface area contributed by atoms with E-state index in [1.807, 2.05) is 6.20 Å². The highest BCUT2D eigenvalue weighted by molar-refractivity contribution is 4.92. The Kier molecular flexibility index (Phi) is 2.84. The van der Waals surface area contributed by atoms with Gasteiger partial charge in [-0.05, 0) is 19.8 Å². The quantitative estimate of drug-likeness (QED) is 0.780. The molecule has 1 saturated heterocycles. The third-order valence-electron chi connectivity index (χ3n) is 2.70. The fourth-order valence-electron chi connectivity index (χ4n) is 1.94. The van der Waals surface area contributed by atoms with Gasteiger partial charge in [-0.25, -0.2) is 4.98 Å². The van der Waals surface area contributed by atoms with Crippen LogP contribution in [0.4, 0.5) is 0 Å². The summed E-state index contributed by atoms with van der Waals surface area (Å²) in [5.41, 5.74) is 5.57. The van der Waals surface area contributed by atoms with Crippen molar-refractivity contribution >= 4 is 0 Å². The Hall–Kier alpha value is -0.870. The van der Waals surface area contributed by atoms with Gasteiger partial charge in [0, 0.05) is 12.4 Å². The zero-order chi connectivity index (χ0) is 9.97. The Morgan fingerprint density at radius 3 is 3.14 bits per heavy atom. The summed E-state index contributed by atoms with van der Waals surface area (Å²) >= 11 is 0. The van der Waals surface area contributed by atoms with Gasteiger partial charge in [-0.3, -0.25) is 0 Å². The van der Waals surface area contributed by atoms with E-state index in [4.69, 9.17) is 10.5 Å². The summed E-state index contributed by atoms with van der Waals surface area (Å²) in [4.78, 5) is 4.18. The minimum absolute atomic E-state index is 0.337. The normalized spacial score (nSPS) is 27.0. The predicted molar refractivity (Wildman–Crippen MR) is 53.7 cm³/mol. The molecule has 1 fully saturated rings. The van der Waals surface area contributed by atoms with Crippen molar-refractivity contribution in [2.45, 2.75) is 45.1 Å². The summed E-state index contributed by atoms with van der Waals surface area (Å²) < 4.78 is 7.83. The molecule has 2 unspecified atom stereocenters. The van der Waals surface area contributed by atoms with E-state index in [0.29, 0.717) is 18.8 Å². The first-order chi connectivity index (χ1) is 6.79. The molecule has 4 heteroatoms. The Balaban J connectivity index is 1.97. The molecule has 2 heterocycles. The maximum Gasteiger partial charge on any atom is 0.122 e. The number of hydrogen-bond acceptors (Lipinski definition) is 3. The number of rotatable bonds is 3. The van der Waals surface area contributed by atoms with Gasteiger partial charge in [-0.15, -0.1) is 0 Å². The van der Waals surface area contributed by atoms with Crippen molar-refractivity contribution in [3.63, 3.8) is 0 Å². The topological polar surface area (TPSA) is 53.1 Å². The number of hydrogen-bond donors (Lipinski definition) is 1. The van der Waals surface area contributed by atoms with E-state index in [-0.39, 0.29) is 0 Å². The van der Waals surface area contributed by atoms with Gasteiger partial charge in [0.05, 0.1) is 25.3 Å². The highest BCUT2D eigenvalue weighted by Crippen LogP contribution is 2.20. The van der Waals surface area contributed by atoms with Gasteiger partial charge in [0.25, 0.3) is 0 Å². The van der Waals surface area contributed by atoms with Crippen molar-refractivity contribution in [2.75, 3.05) is 0 Å². The number of ether oxygens (including phenoxy) is 1. The molecule has 0 radical (unpaired) electrons. The smallest absolute Gasteiger partial charge is 0.122 e.